The third-order valence-electron chi connectivity index (χ3n) is 2.73. The molecule has 96 valence electrons. The third kappa shape index (κ3) is 3.89. The number of carbonyl (C=O) groups excluding carboxylic acids is 1. The minimum atomic E-state index is -0.190. The molecule has 0 amide bonds. The van der Waals surface area contributed by atoms with E-state index < -0.39 is 0 Å². The summed E-state index contributed by atoms with van der Waals surface area (Å²) >= 11 is 0. The fourth-order valence-corrected chi connectivity index (χ4v) is 1.86. The Balaban J connectivity index is 2.66. The highest BCUT2D eigenvalue weighted by atomic mass is 16.5. The van der Waals surface area contributed by atoms with Crippen LogP contribution in [0.1, 0.15) is 33.0 Å². The fourth-order valence-electron chi connectivity index (χ4n) is 1.86. The Hall–Kier alpha value is -1.29. The second-order valence-electron chi connectivity index (χ2n) is 3.82. The number of rotatable bonds is 7. The lowest BCUT2D eigenvalue weighted by Gasteiger charge is -2.27. The van der Waals surface area contributed by atoms with Crippen LogP contribution in [0.5, 0.6) is 0 Å². The summed E-state index contributed by atoms with van der Waals surface area (Å²) in [6.07, 6.45) is 2.39. The monoisotopic (exact) mass is 239 g/mol. The highest BCUT2D eigenvalue weighted by Crippen LogP contribution is 2.12. The average Bonchev–Trinajstić information content (AvgIpc) is 2.81. The van der Waals surface area contributed by atoms with Crippen molar-refractivity contribution in [1.82, 2.24) is 4.90 Å². The summed E-state index contributed by atoms with van der Waals surface area (Å²) in [6.45, 7) is 7.71. The Morgan fingerprint density at radius 1 is 1.47 bits per heavy atom. The number of hydrogen-bond donors (Lipinski definition) is 0. The Bertz CT molecular complexity index is 321. The van der Waals surface area contributed by atoms with Crippen molar-refractivity contribution in [2.75, 3.05) is 13.2 Å². The van der Waals surface area contributed by atoms with Crippen molar-refractivity contribution in [3.63, 3.8) is 0 Å². The summed E-state index contributed by atoms with van der Waals surface area (Å²) < 4.78 is 10.4. The number of hydrogen-bond acceptors (Lipinski definition) is 4. The van der Waals surface area contributed by atoms with Gasteiger partial charge in [0.2, 0.25) is 0 Å². The molecule has 0 saturated carbocycles. The second kappa shape index (κ2) is 7.12. The standard InChI is InChI=1S/C13H21NO3/c1-4-12(13(15)16-6-3)14(5-2)10-11-8-7-9-17-11/h7-9,12H,4-6,10H2,1-3H3. The zero-order chi connectivity index (χ0) is 12.7. The average molecular weight is 239 g/mol. The van der Waals surface area contributed by atoms with Gasteiger partial charge in [0.15, 0.2) is 0 Å². The van der Waals surface area contributed by atoms with E-state index in [0.717, 1.165) is 18.7 Å². The van der Waals surface area contributed by atoms with E-state index in [4.69, 9.17) is 9.15 Å². The van der Waals surface area contributed by atoms with Gasteiger partial charge in [-0.15, -0.1) is 0 Å². The maximum Gasteiger partial charge on any atom is 0.323 e. The Kier molecular flexibility index (Phi) is 5.77. The molecule has 0 bridgehead atoms. The van der Waals surface area contributed by atoms with E-state index in [0.29, 0.717) is 13.2 Å². The minimum absolute atomic E-state index is 0.150. The van der Waals surface area contributed by atoms with Gasteiger partial charge in [0.05, 0.1) is 19.4 Å². The van der Waals surface area contributed by atoms with Gasteiger partial charge in [-0.25, -0.2) is 0 Å². The summed E-state index contributed by atoms with van der Waals surface area (Å²) in [5.41, 5.74) is 0. The van der Waals surface area contributed by atoms with E-state index in [1.807, 2.05) is 32.9 Å². The Morgan fingerprint density at radius 2 is 2.24 bits per heavy atom. The summed E-state index contributed by atoms with van der Waals surface area (Å²) in [5, 5.41) is 0. The third-order valence-corrected chi connectivity index (χ3v) is 2.73. The van der Waals surface area contributed by atoms with E-state index in [-0.39, 0.29) is 12.0 Å². The molecule has 0 aliphatic carbocycles. The lowest BCUT2D eigenvalue weighted by Crippen LogP contribution is -2.41. The highest BCUT2D eigenvalue weighted by Gasteiger charge is 2.24. The molecule has 1 atom stereocenters. The van der Waals surface area contributed by atoms with Gasteiger partial charge in [-0.1, -0.05) is 13.8 Å². The van der Waals surface area contributed by atoms with Crippen LogP contribution in [0.2, 0.25) is 0 Å². The maximum atomic E-state index is 11.8. The van der Waals surface area contributed by atoms with Crippen LogP contribution in [0.3, 0.4) is 0 Å². The quantitative estimate of drug-likeness (QED) is 0.685. The van der Waals surface area contributed by atoms with E-state index >= 15 is 0 Å². The molecule has 0 N–H and O–H groups in total. The van der Waals surface area contributed by atoms with Crippen LogP contribution in [-0.2, 0) is 16.1 Å². The number of carbonyl (C=O) groups is 1. The zero-order valence-corrected chi connectivity index (χ0v) is 10.8. The Morgan fingerprint density at radius 3 is 2.71 bits per heavy atom. The molecule has 1 rings (SSSR count). The van der Waals surface area contributed by atoms with Crippen molar-refractivity contribution >= 4 is 5.97 Å². The molecule has 0 aliphatic rings. The van der Waals surface area contributed by atoms with Crippen molar-refractivity contribution in [2.24, 2.45) is 0 Å². The van der Waals surface area contributed by atoms with Crippen molar-refractivity contribution in [2.45, 2.75) is 39.8 Å². The molecule has 0 fully saturated rings. The fraction of sp³-hybridized carbons (Fsp3) is 0.615. The predicted molar refractivity (Wildman–Crippen MR) is 65.5 cm³/mol. The van der Waals surface area contributed by atoms with Gasteiger partial charge in [-0.3, -0.25) is 9.69 Å². The first-order chi connectivity index (χ1) is 8.22. The minimum Gasteiger partial charge on any atom is -0.468 e. The lowest BCUT2D eigenvalue weighted by atomic mass is 10.2. The SMILES string of the molecule is CCOC(=O)C(CC)N(CC)Cc1ccco1. The van der Waals surface area contributed by atoms with Crippen LogP contribution >= 0.6 is 0 Å². The molecule has 0 aromatic carbocycles. The molecule has 4 nitrogen and oxygen atoms in total. The van der Waals surface area contributed by atoms with Crippen molar-refractivity contribution < 1.29 is 13.9 Å². The van der Waals surface area contributed by atoms with Crippen LogP contribution in [0.15, 0.2) is 22.8 Å². The molecule has 1 aromatic heterocycles. The molecule has 1 aromatic rings. The lowest BCUT2D eigenvalue weighted by molar-refractivity contribution is -0.150. The van der Waals surface area contributed by atoms with Gasteiger partial charge in [-0.2, -0.15) is 0 Å². The molecule has 17 heavy (non-hydrogen) atoms. The molecule has 0 spiro atoms. The summed E-state index contributed by atoms with van der Waals surface area (Å²) in [7, 11) is 0. The highest BCUT2D eigenvalue weighted by molar-refractivity contribution is 5.75. The maximum absolute atomic E-state index is 11.8. The van der Waals surface area contributed by atoms with Crippen LogP contribution in [-0.4, -0.2) is 30.1 Å². The van der Waals surface area contributed by atoms with Gasteiger partial charge < -0.3 is 9.15 Å². The first-order valence-electron chi connectivity index (χ1n) is 6.15. The number of furan rings is 1. The number of ether oxygens (including phenoxy) is 1. The smallest absolute Gasteiger partial charge is 0.323 e. The van der Waals surface area contributed by atoms with Crippen molar-refractivity contribution in [3.05, 3.63) is 24.2 Å². The molecule has 1 unspecified atom stereocenters. The number of likely N-dealkylation sites (N-methyl/N-ethyl adjacent to an activating group) is 1. The van der Waals surface area contributed by atoms with Gasteiger partial charge in [0.25, 0.3) is 0 Å². The van der Waals surface area contributed by atoms with Crippen molar-refractivity contribution in [3.8, 4) is 0 Å². The first kappa shape index (κ1) is 13.8. The first-order valence-corrected chi connectivity index (χ1v) is 6.15. The molecule has 0 aliphatic heterocycles. The van der Waals surface area contributed by atoms with Crippen LogP contribution in [0.25, 0.3) is 0 Å². The van der Waals surface area contributed by atoms with Crippen LogP contribution in [0, 0.1) is 0 Å². The molecule has 0 saturated heterocycles. The molecule has 1 heterocycles. The molecular weight excluding hydrogens is 218 g/mol. The topological polar surface area (TPSA) is 42.7 Å². The Labute approximate surface area is 103 Å². The number of nitrogens with zero attached hydrogens (tertiary/aromatic N) is 1. The van der Waals surface area contributed by atoms with Crippen molar-refractivity contribution in [1.29, 1.82) is 0 Å². The normalized spacial score (nSPS) is 12.7. The van der Waals surface area contributed by atoms with E-state index in [9.17, 15) is 4.79 Å². The van der Waals surface area contributed by atoms with E-state index in [2.05, 4.69) is 4.90 Å². The van der Waals surface area contributed by atoms with Gasteiger partial charge >= 0.3 is 5.97 Å². The van der Waals surface area contributed by atoms with Gasteiger partial charge in [-0.05, 0) is 32.0 Å². The number of esters is 1. The summed E-state index contributed by atoms with van der Waals surface area (Å²) in [6, 6.07) is 3.58. The predicted octanol–water partition coefficient (Wildman–Crippen LogP) is 2.44. The molecule has 0 radical (unpaired) electrons. The largest absolute Gasteiger partial charge is 0.468 e. The van der Waals surface area contributed by atoms with Gasteiger partial charge in [0, 0.05) is 0 Å². The zero-order valence-electron chi connectivity index (χ0n) is 10.8. The second-order valence-corrected chi connectivity index (χ2v) is 3.82. The summed E-state index contributed by atoms with van der Waals surface area (Å²) in [5.74, 6) is 0.720. The van der Waals surface area contributed by atoms with Crippen LogP contribution in [0.4, 0.5) is 0 Å². The molecule has 4 heteroatoms. The summed E-state index contributed by atoms with van der Waals surface area (Å²) in [4.78, 5) is 13.9. The molecular formula is C13H21NO3. The van der Waals surface area contributed by atoms with Gasteiger partial charge in [0.1, 0.15) is 11.8 Å². The van der Waals surface area contributed by atoms with Crippen LogP contribution < -0.4 is 0 Å². The van der Waals surface area contributed by atoms with E-state index in [1.54, 1.807) is 6.26 Å². The van der Waals surface area contributed by atoms with E-state index in [1.165, 1.54) is 0 Å².